The molecule has 0 bridgehead atoms. The van der Waals surface area contributed by atoms with E-state index in [4.69, 9.17) is 16.3 Å². The van der Waals surface area contributed by atoms with Gasteiger partial charge in [0.2, 0.25) is 0 Å². The summed E-state index contributed by atoms with van der Waals surface area (Å²) in [6.45, 7) is 5.86. The number of imidazole rings is 1. The van der Waals surface area contributed by atoms with Crippen molar-refractivity contribution >= 4 is 22.6 Å². The largest absolute Gasteiger partial charge is 0.380 e. The van der Waals surface area contributed by atoms with Gasteiger partial charge in [0.1, 0.15) is 17.2 Å². The van der Waals surface area contributed by atoms with Gasteiger partial charge in [0, 0.05) is 19.2 Å². The minimum Gasteiger partial charge on any atom is -0.380 e. The van der Waals surface area contributed by atoms with Crippen molar-refractivity contribution in [2.75, 3.05) is 13.2 Å². The molecule has 0 fully saturated rings. The molecule has 0 aliphatic carbocycles. The van der Waals surface area contributed by atoms with Gasteiger partial charge in [-0.15, -0.1) is 11.6 Å². The second kappa shape index (κ2) is 7.18. The highest BCUT2D eigenvalue weighted by Crippen LogP contribution is 2.22. The fraction of sp³-hybridized carbons (Fsp3) is 0.533. The van der Waals surface area contributed by atoms with Crippen molar-refractivity contribution in [1.29, 1.82) is 0 Å². The van der Waals surface area contributed by atoms with Gasteiger partial charge < -0.3 is 9.30 Å². The molecule has 0 unspecified atom stereocenters. The lowest BCUT2D eigenvalue weighted by Crippen LogP contribution is -2.10. The van der Waals surface area contributed by atoms with Gasteiger partial charge in [-0.25, -0.2) is 13.8 Å². The summed E-state index contributed by atoms with van der Waals surface area (Å²) in [6, 6.07) is 2.10. The van der Waals surface area contributed by atoms with Crippen LogP contribution in [0.15, 0.2) is 12.1 Å². The smallest absolute Gasteiger partial charge is 0.153 e. The molecule has 2 aromatic rings. The topological polar surface area (TPSA) is 27.1 Å². The molecule has 0 N–H and O–H groups in total. The maximum absolute atomic E-state index is 13.7. The number of alkyl halides is 1. The molecule has 0 atom stereocenters. The van der Waals surface area contributed by atoms with Crippen LogP contribution >= 0.6 is 11.6 Å². The molecule has 0 saturated heterocycles. The van der Waals surface area contributed by atoms with E-state index in [1.807, 2.05) is 0 Å². The van der Waals surface area contributed by atoms with Crippen molar-refractivity contribution < 1.29 is 13.5 Å². The van der Waals surface area contributed by atoms with Crippen LogP contribution in [0.3, 0.4) is 0 Å². The molecule has 0 saturated carbocycles. The summed E-state index contributed by atoms with van der Waals surface area (Å²) in [4.78, 5) is 4.13. The van der Waals surface area contributed by atoms with E-state index >= 15 is 0 Å². The zero-order chi connectivity index (χ0) is 15.4. The second-order valence-corrected chi connectivity index (χ2v) is 5.63. The van der Waals surface area contributed by atoms with E-state index in [-0.39, 0.29) is 11.4 Å². The monoisotopic (exact) mass is 316 g/mol. The third kappa shape index (κ3) is 3.92. The third-order valence-corrected chi connectivity index (χ3v) is 3.51. The number of halogens is 3. The van der Waals surface area contributed by atoms with Crippen molar-refractivity contribution in [3.05, 3.63) is 29.6 Å². The first kappa shape index (κ1) is 16.2. The van der Waals surface area contributed by atoms with E-state index in [0.29, 0.717) is 37.0 Å². The van der Waals surface area contributed by atoms with Crippen LogP contribution in [0, 0.1) is 17.6 Å². The average molecular weight is 317 g/mol. The summed E-state index contributed by atoms with van der Waals surface area (Å²) in [5.41, 5.74) is 0.560. The summed E-state index contributed by atoms with van der Waals surface area (Å²) >= 11 is 5.84. The van der Waals surface area contributed by atoms with Crippen LogP contribution in [-0.4, -0.2) is 22.8 Å². The van der Waals surface area contributed by atoms with Gasteiger partial charge in [-0.2, -0.15) is 0 Å². The van der Waals surface area contributed by atoms with Crippen LogP contribution in [0.1, 0.15) is 26.1 Å². The van der Waals surface area contributed by atoms with Gasteiger partial charge in [-0.3, -0.25) is 0 Å². The Labute approximate surface area is 127 Å². The normalized spacial score (nSPS) is 11.7. The zero-order valence-electron chi connectivity index (χ0n) is 12.2. The Morgan fingerprint density at radius 1 is 1.29 bits per heavy atom. The first-order valence-electron chi connectivity index (χ1n) is 7.00. The summed E-state index contributed by atoms with van der Waals surface area (Å²) in [5.74, 6) is -0.0509. The number of hydrogen-bond donors (Lipinski definition) is 0. The third-order valence-electron chi connectivity index (χ3n) is 3.27. The van der Waals surface area contributed by atoms with Crippen molar-refractivity contribution in [1.82, 2.24) is 9.55 Å². The van der Waals surface area contributed by atoms with Crippen molar-refractivity contribution in [2.24, 2.45) is 5.92 Å². The standard InChI is InChI=1S/C15H19ClF2N2O/c1-10(2)3-5-21-6-4-20-13-8-11(17)7-12(18)15(13)19-14(20)9-16/h7-8,10H,3-6,9H2,1-2H3. The van der Waals surface area contributed by atoms with Crippen molar-refractivity contribution in [3.63, 3.8) is 0 Å². The highest BCUT2D eigenvalue weighted by Gasteiger charge is 2.14. The maximum atomic E-state index is 13.7. The number of hydrogen-bond acceptors (Lipinski definition) is 2. The Balaban J connectivity index is 2.14. The molecule has 6 heteroatoms. The van der Waals surface area contributed by atoms with Crippen LogP contribution in [0.4, 0.5) is 8.78 Å². The molecule has 1 aromatic carbocycles. The minimum absolute atomic E-state index is 0.141. The number of rotatable bonds is 7. The predicted molar refractivity (Wildman–Crippen MR) is 79.5 cm³/mol. The predicted octanol–water partition coefficient (Wildman–Crippen LogP) is 4.12. The summed E-state index contributed by atoms with van der Waals surface area (Å²) in [7, 11) is 0. The fourth-order valence-electron chi connectivity index (χ4n) is 2.13. The average Bonchev–Trinajstić information content (AvgIpc) is 2.76. The van der Waals surface area contributed by atoms with Crippen molar-refractivity contribution in [2.45, 2.75) is 32.7 Å². The molecule has 0 spiro atoms. The van der Waals surface area contributed by atoms with E-state index in [0.717, 1.165) is 12.5 Å². The van der Waals surface area contributed by atoms with Gasteiger partial charge in [0.05, 0.1) is 18.0 Å². The lowest BCUT2D eigenvalue weighted by Gasteiger charge is -2.09. The summed E-state index contributed by atoms with van der Waals surface area (Å²) in [5, 5.41) is 0. The number of nitrogens with zero attached hydrogens (tertiary/aromatic N) is 2. The molecule has 116 valence electrons. The Morgan fingerprint density at radius 3 is 2.71 bits per heavy atom. The zero-order valence-corrected chi connectivity index (χ0v) is 13.0. The highest BCUT2D eigenvalue weighted by molar-refractivity contribution is 6.16. The number of aromatic nitrogens is 2. The van der Waals surface area contributed by atoms with E-state index in [2.05, 4.69) is 18.8 Å². The second-order valence-electron chi connectivity index (χ2n) is 5.36. The SMILES string of the molecule is CC(C)CCOCCn1c(CCl)nc2c(F)cc(F)cc21. The molecule has 1 heterocycles. The number of fused-ring (bicyclic) bond motifs is 1. The van der Waals surface area contributed by atoms with E-state index in [1.54, 1.807) is 4.57 Å². The van der Waals surface area contributed by atoms with Crippen LogP contribution < -0.4 is 0 Å². The molecule has 1 aromatic heterocycles. The Bertz CT molecular complexity index is 613. The molecule has 0 radical (unpaired) electrons. The number of ether oxygens (including phenoxy) is 1. The number of benzene rings is 1. The molecular formula is C15H19ClF2N2O. The van der Waals surface area contributed by atoms with Crippen LogP contribution in [0.5, 0.6) is 0 Å². The molecule has 2 rings (SSSR count). The fourth-order valence-corrected chi connectivity index (χ4v) is 2.33. The molecular weight excluding hydrogens is 298 g/mol. The quantitative estimate of drug-likeness (QED) is 0.567. The van der Waals surface area contributed by atoms with E-state index in [1.165, 1.54) is 6.07 Å². The van der Waals surface area contributed by atoms with Crippen LogP contribution in [0.2, 0.25) is 0 Å². The maximum Gasteiger partial charge on any atom is 0.153 e. The van der Waals surface area contributed by atoms with Gasteiger partial charge in [0.25, 0.3) is 0 Å². The van der Waals surface area contributed by atoms with Crippen LogP contribution in [0.25, 0.3) is 11.0 Å². The van der Waals surface area contributed by atoms with E-state index < -0.39 is 11.6 Å². The first-order chi connectivity index (χ1) is 10.0. The van der Waals surface area contributed by atoms with Gasteiger partial charge in [-0.1, -0.05) is 13.8 Å². The highest BCUT2D eigenvalue weighted by atomic mass is 35.5. The van der Waals surface area contributed by atoms with E-state index in [9.17, 15) is 8.78 Å². The Hall–Kier alpha value is -1.20. The summed E-state index contributed by atoms with van der Waals surface area (Å²) < 4.78 is 34.4. The van der Waals surface area contributed by atoms with Gasteiger partial charge in [0.15, 0.2) is 5.82 Å². The Kier molecular flexibility index (Phi) is 5.53. The molecule has 0 aliphatic rings. The lowest BCUT2D eigenvalue weighted by molar-refractivity contribution is 0.116. The molecule has 3 nitrogen and oxygen atoms in total. The van der Waals surface area contributed by atoms with Crippen molar-refractivity contribution in [3.8, 4) is 0 Å². The summed E-state index contributed by atoms with van der Waals surface area (Å²) in [6.07, 6.45) is 0.982. The van der Waals surface area contributed by atoms with Gasteiger partial charge in [-0.05, 0) is 18.4 Å². The molecule has 0 aliphatic heterocycles. The van der Waals surface area contributed by atoms with Gasteiger partial charge >= 0.3 is 0 Å². The lowest BCUT2D eigenvalue weighted by atomic mass is 10.1. The minimum atomic E-state index is -0.671. The molecule has 21 heavy (non-hydrogen) atoms. The Morgan fingerprint density at radius 2 is 2.05 bits per heavy atom. The molecule has 0 amide bonds. The van der Waals surface area contributed by atoms with Crippen LogP contribution in [-0.2, 0) is 17.2 Å². The first-order valence-corrected chi connectivity index (χ1v) is 7.54.